The Kier molecular flexibility index (Phi) is 11.8. The number of fused-ring (bicyclic) bond motifs is 6. The highest BCUT2D eigenvalue weighted by Crippen LogP contribution is 2.68. The van der Waals surface area contributed by atoms with Crippen LogP contribution in [0.5, 0.6) is 0 Å². The summed E-state index contributed by atoms with van der Waals surface area (Å²) in [7, 11) is 0. The van der Waals surface area contributed by atoms with Gasteiger partial charge in [0.15, 0.2) is 5.78 Å². The fourth-order valence-electron chi connectivity index (χ4n) is 12.1. The second-order valence-corrected chi connectivity index (χ2v) is 17.2. The van der Waals surface area contributed by atoms with Crippen LogP contribution >= 0.6 is 0 Å². The minimum absolute atomic E-state index is 0.0312. The Balaban J connectivity index is 0.00000228. The number of aryl methyl sites for hydroxylation is 2. The van der Waals surface area contributed by atoms with E-state index in [0.29, 0.717) is 46.9 Å². The average Bonchev–Trinajstić information content (AvgIpc) is 3.46. The summed E-state index contributed by atoms with van der Waals surface area (Å²) in [5.74, 6) is 3.82. The number of para-hydroxylation sites is 1. The number of rotatable bonds is 11. The van der Waals surface area contributed by atoms with E-state index >= 15 is 4.39 Å². The first kappa shape index (κ1) is 38.4. The summed E-state index contributed by atoms with van der Waals surface area (Å²) in [6.45, 7) is 13.1. The van der Waals surface area contributed by atoms with Crippen molar-refractivity contribution in [3.8, 4) is 0 Å². The lowest BCUT2D eigenvalue weighted by molar-refractivity contribution is -0.137. The van der Waals surface area contributed by atoms with Crippen LogP contribution in [0, 0.1) is 59.1 Å². The van der Waals surface area contributed by atoms with Crippen molar-refractivity contribution < 1.29 is 19.1 Å². The number of halogens is 1. The molecule has 0 radical (unpaired) electrons. The smallest absolute Gasteiger partial charge is 0.303 e. The van der Waals surface area contributed by atoms with Crippen molar-refractivity contribution in [2.24, 2.45) is 46.3 Å². The summed E-state index contributed by atoms with van der Waals surface area (Å²) in [6.07, 6.45) is 16.0. The number of carbonyl (C=O) groups is 2. The molecule has 0 saturated heterocycles. The summed E-state index contributed by atoms with van der Waals surface area (Å²) in [5.41, 5.74) is 5.41. The van der Waals surface area contributed by atoms with Crippen LogP contribution in [0.1, 0.15) is 145 Å². The number of carbonyl (C=O) groups excluding carboxylic acids is 1. The molecule has 2 N–H and O–H groups in total. The summed E-state index contributed by atoms with van der Waals surface area (Å²) in [4.78, 5) is 28.3. The maximum absolute atomic E-state index is 15.5. The van der Waals surface area contributed by atoms with Crippen LogP contribution in [0.2, 0.25) is 0 Å². The molecular formula is C46H63FN2O3. The third kappa shape index (κ3) is 7.42. The molecule has 1 aromatic heterocycles. The van der Waals surface area contributed by atoms with Crippen LogP contribution in [0.3, 0.4) is 0 Å². The molecule has 4 aliphatic rings. The molecule has 2 aromatic carbocycles. The Bertz CT molecular complexity index is 1750. The van der Waals surface area contributed by atoms with Crippen molar-refractivity contribution >= 4 is 28.3 Å². The predicted octanol–water partition coefficient (Wildman–Crippen LogP) is 12.0. The van der Waals surface area contributed by atoms with Gasteiger partial charge in [-0.2, -0.15) is 0 Å². The van der Waals surface area contributed by atoms with Gasteiger partial charge in [-0.15, -0.1) is 0 Å². The number of hydrogen-bond acceptors (Lipinski definition) is 4. The second kappa shape index (κ2) is 16.0. The van der Waals surface area contributed by atoms with Crippen molar-refractivity contribution in [2.45, 2.75) is 138 Å². The normalized spacial score (nSPS) is 30.8. The third-order valence-corrected chi connectivity index (χ3v) is 14.7. The first-order valence-corrected chi connectivity index (χ1v) is 20.6. The molecule has 0 bridgehead atoms. The van der Waals surface area contributed by atoms with Gasteiger partial charge in [0.2, 0.25) is 0 Å². The summed E-state index contributed by atoms with van der Waals surface area (Å²) >= 11 is 0. The third-order valence-electron chi connectivity index (χ3n) is 14.7. The number of nitrogens with one attached hydrogen (secondary N) is 1. The quantitative estimate of drug-likeness (QED) is 0.194. The van der Waals surface area contributed by atoms with Crippen molar-refractivity contribution in [1.29, 1.82) is 0 Å². The van der Waals surface area contributed by atoms with Crippen LogP contribution < -0.4 is 5.32 Å². The lowest BCUT2D eigenvalue weighted by Crippen LogP contribution is -2.53. The molecule has 52 heavy (non-hydrogen) atoms. The zero-order valence-electron chi connectivity index (χ0n) is 32.7. The van der Waals surface area contributed by atoms with Gasteiger partial charge in [-0.25, -0.2) is 4.39 Å². The number of carboxylic acids is 1. The highest BCUT2D eigenvalue weighted by Gasteiger charge is 2.59. The van der Waals surface area contributed by atoms with Crippen LogP contribution in [0.4, 0.5) is 10.1 Å². The van der Waals surface area contributed by atoms with Gasteiger partial charge in [-0.05, 0) is 167 Å². The van der Waals surface area contributed by atoms with Crippen molar-refractivity contribution in [2.75, 3.05) is 5.32 Å². The summed E-state index contributed by atoms with van der Waals surface area (Å²) in [6, 6.07) is 13.5. The van der Waals surface area contributed by atoms with Gasteiger partial charge in [0.25, 0.3) is 0 Å². The van der Waals surface area contributed by atoms with Crippen LogP contribution in [0.15, 0.2) is 42.5 Å². The average molecular weight is 711 g/mol. The van der Waals surface area contributed by atoms with E-state index < -0.39 is 5.97 Å². The number of ketones is 1. The summed E-state index contributed by atoms with van der Waals surface area (Å²) in [5, 5.41) is 13.5. The van der Waals surface area contributed by atoms with Gasteiger partial charge >= 0.3 is 5.97 Å². The zero-order valence-corrected chi connectivity index (χ0v) is 32.7. The summed E-state index contributed by atoms with van der Waals surface area (Å²) < 4.78 is 15.5. The highest BCUT2D eigenvalue weighted by atomic mass is 19.1. The lowest BCUT2D eigenvalue weighted by Gasteiger charge is -2.61. The van der Waals surface area contributed by atoms with Gasteiger partial charge in [-0.1, -0.05) is 58.0 Å². The molecule has 1 heterocycles. The highest BCUT2D eigenvalue weighted by molar-refractivity contribution is 6.08. The Morgan fingerprint density at radius 2 is 1.69 bits per heavy atom. The Hall–Kier alpha value is -3.28. The Labute approximate surface area is 312 Å². The number of benzene rings is 2. The number of aliphatic carboxylic acids is 1. The molecule has 4 fully saturated rings. The Morgan fingerprint density at radius 3 is 2.44 bits per heavy atom. The van der Waals surface area contributed by atoms with E-state index in [1.54, 1.807) is 13.0 Å². The Morgan fingerprint density at radius 1 is 0.942 bits per heavy atom. The van der Waals surface area contributed by atoms with Crippen LogP contribution in [0.25, 0.3) is 10.9 Å². The monoisotopic (exact) mass is 710 g/mol. The molecule has 3 aromatic rings. The number of carboxylic acid groups (broad SMARTS) is 1. The predicted molar refractivity (Wildman–Crippen MR) is 210 cm³/mol. The maximum atomic E-state index is 15.5. The van der Waals surface area contributed by atoms with Gasteiger partial charge < -0.3 is 10.4 Å². The molecule has 8 unspecified atom stereocenters. The number of Topliss-reactive ketones (excluding diaryl/α,β-unsaturated/α-hetero) is 1. The van der Waals surface area contributed by atoms with Gasteiger partial charge in [0.05, 0.1) is 22.5 Å². The molecule has 282 valence electrons. The van der Waals surface area contributed by atoms with E-state index in [2.05, 4.69) is 24.1 Å². The van der Waals surface area contributed by atoms with E-state index in [1.165, 1.54) is 57.8 Å². The van der Waals surface area contributed by atoms with E-state index in [0.717, 1.165) is 77.1 Å². The molecule has 7 rings (SSSR count). The van der Waals surface area contributed by atoms with Gasteiger partial charge in [-0.3, -0.25) is 14.6 Å². The molecule has 0 amide bonds. The van der Waals surface area contributed by atoms with Crippen LogP contribution in [-0.2, 0) is 17.8 Å². The van der Waals surface area contributed by atoms with E-state index in [4.69, 9.17) is 0 Å². The molecule has 4 aliphatic carbocycles. The zero-order chi connectivity index (χ0) is 37.2. The standard InChI is InChI=1S/C44H57FN2O3.C2H6/c1-27-41(28(2)48)42(35-9-5-6-10-39(35)47-27)46-26-30-13-15-31(38(45)25-30)14-12-29-20-22-44(4)33(24-29)16-18-34-36-19-17-32(8-7-11-40(49)50)43(36,3)23-21-37(34)44;1-2/h5-6,9-10,13,15,25,29,32-34,36-37H,7-8,11-12,14,16-24,26H2,1-4H3,(H,46,47)(H,49,50);1-2H3. The fourth-order valence-corrected chi connectivity index (χ4v) is 12.1. The number of anilines is 1. The number of hydrogen-bond donors (Lipinski definition) is 2. The lowest BCUT2D eigenvalue weighted by atomic mass is 9.44. The largest absolute Gasteiger partial charge is 0.481 e. The molecule has 6 heteroatoms. The molecular weight excluding hydrogens is 648 g/mol. The molecule has 0 aliphatic heterocycles. The minimum Gasteiger partial charge on any atom is -0.481 e. The SMILES string of the molecule is CC.CC(=O)c1c(C)nc2ccccc2c1NCc1ccc(CCC2CCC3(C)C(CCC4C5CCC(CCCC(=O)O)C5(C)CCC43)C2)c(F)c1. The minimum atomic E-state index is -0.654. The number of nitrogens with zero attached hydrogens (tertiary/aromatic N) is 1. The topological polar surface area (TPSA) is 79.3 Å². The molecule has 0 spiro atoms. The van der Waals surface area contributed by atoms with Crippen molar-refractivity contribution in [1.82, 2.24) is 4.98 Å². The fraction of sp³-hybridized carbons (Fsp3) is 0.630. The van der Waals surface area contributed by atoms with Crippen LogP contribution in [-0.4, -0.2) is 21.8 Å². The number of pyridine rings is 1. The van der Waals surface area contributed by atoms with E-state index in [-0.39, 0.29) is 11.6 Å². The van der Waals surface area contributed by atoms with E-state index in [1.807, 2.05) is 57.2 Å². The second-order valence-electron chi connectivity index (χ2n) is 17.2. The van der Waals surface area contributed by atoms with Crippen molar-refractivity contribution in [3.05, 3.63) is 70.7 Å². The first-order valence-electron chi connectivity index (χ1n) is 20.6. The first-order chi connectivity index (χ1) is 25.0. The number of aromatic nitrogens is 1. The van der Waals surface area contributed by atoms with Gasteiger partial charge in [0.1, 0.15) is 5.82 Å². The van der Waals surface area contributed by atoms with Gasteiger partial charge in [0, 0.05) is 18.4 Å². The molecule has 4 saturated carbocycles. The molecule has 5 nitrogen and oxygen atoms in total. The van der Waals surface area contributed by atoms with Crippen molar-refractivity contribution in [3.63, 3.8) is 0 Å². The van der Waals surface area contributed by atoms with E-state index in [9.17, 15) is 14.7 Å². The maximum Gasteiger partial charge on any atom is 0.303 e. The molecule has 8 atom stereocenters.